The van der Waals surface area contributed by atoms with Gasteiger partial charge in [0, 0.05) is 12.6 Å². The van der Waals surface area contributed by atoms with E-state index in [9.17, 15) is 4.79 Å². The van der Waals surface area contributed by atoms with Crippen LogP contribution in [0.25, 0.3) is 0 Å². The van der Waals surface area contributed by atoms with Gasteiger partial charge in [0.2, 0.25) is 0 Å². The first-order chi connectivity index (χ1) is 9.16. The molecule has 1 fully saturated rings. The van der Waals surface area contributed by atoms with Gasteiger partial charge in [0.15, 0.2) is 0 Å². The third kappa shape index (κ3) is 3.98. The van der Waals surface area contributed by atoms with Crippen LogP contribution in [0.4, 0.5) is 4.79 Å². The van der Waals surface area contributed by atoms with E-state index in [-0.39, 0.29) is 6.03 Å². The Kier molecular flexibility index (Phi) is 4.83. The Morgan fingerprint density at radius 1 is 1.21 bits per heavy atom. The summed E-state index contributed by atoms with van der Waals surface area (Å²) >= 11 is 0. The number of urea groups is 1. The Morgan fingerprint density at radius 3 is 2.68 bits per heavy atom. The molecule has 3 nitrogen and oxygen atoms in total. The fourth-order valence-electron chi connectivity index (χ4n) is 2.78. The number of benzene rings is 1. The van der Waals surface area contributed by atoms with Gasteiger partial charge >= 0.3 is 6.03 Å². The molecule has 0 spiro atoms. The predicted molar refractivity (Wildman–Crippen MR) is 77.8 cm³/mol. The van der Waals surface area contributed by atoms with Crippen molar-refractivity contribution in [1.82, 2.24) is 10.6 Å². The van der Waals surface area contributed by atoms with Crippen molar-refractivity contribution in [3.63, 3.8) is 0 Å². The van der Waals surface area contributed by atoms with E-state index < -0.39 is 0 Å². The molecule has 3 atom stereocenters. The van der Waals surface area contributed by atoms with Crippen molar-refractivity contribution >= 4 is 6.03 Å². The van der Waals surface area contributed by atoms with Gasteiger partial charge in [-0.2, -0.15) is 0 Å². The summed E-state index contributed by atoms with van der Waals surface area (Å²) < 4.78 is 0. The van der Waals surface area contributed by atoms with E-state index in [1.54, 1.807) is 0 Å². The third-order valence-corrected chi connectivity index (χ3v) is 4.32. The monoisotopic (exact) mass is 260 g/mol. The van der Waals surface area contributed by atoms with Crippen molar-refractivity contribution in [3.8, 4) is 0 Å². The molecule has 1 aromatic carbocycles. The number of hydrogen-bond donors (Lipinski definition) is 2. The molecule has 2 N–H and O–H groups in total. The maximum Gasteiger partial charge on any atom is 0.315 e. The minimum atomic E-state index is -0.0465. The van der Waals surface area contributed by atoms with E-state index in [0.717, 1.165) is 12.0 Å². The van der Waals surface area contributed by atoms with Gasteiger partial charge in [-0.15, -0.1) is 0 Å². The van der Waals surface area contributed by atoms with Gasteiger partial charge in [0.05, 0.1) is 0 Å². The zero-order valence-corrected chi connectivity index (χ0v) is 11.9. The lowest BCUT2D eigenvalue weighted by Gasteiger charge is -2.34. The van der Waals surface area contributed by atoms with Gasteiger partial charge in [-0.3, -0.25) is 0 Å². The number of rotatable bonds is 3. The van der Waals surface area contributed by atoms with E-state index >= 15 is 0 Å². The molecular weight excluding hydrogens is 236 g/mol. The Balaban J connectivity index is 1.78. The summed E-state index contributed by atoms with van der Waals surface area (Å²) in [6, 6.07) is 10.3. The minimum absolute atomic E-state index is 0.0465. The maximum absolute atomic E-state index is 11.9. The standard InChI is InChI=1S/C16H24N2O/c1-12-7-6-10-15(13(12)2)18-16(19)17-11-14-8-4-3-5-9-14/h3-5,8-9,12-13,15H,6-7,10-11H2,1-2H3,(H2,17,18,19). The quantitative estimate of drug-likeness (QED) is 0.860. The normalized spacial score (nSPS) is 26.7. The van der Waals surface area contributed by atoms with Crippen molar-refractivity contribution < 1.29 is 4.79 Å². The average molecular weight is 260 g/mol. The van der Waals surface area contributed by atoms with Gasteiger partial charge in [-0.05, 0) is 23.8 Å². The topological polar surface area (TPSA) is 41.1 Å². The summed E-state index contributed by atoms with van der Waals surface area (Å²) in [6.07, 6.45) is 3.60. The van der Waals surface area contributed by atoms with Crippen LogP contribution in [0.2, 0.25) is 0 Å². The second-order valence-electron chi connectivity index (χ2n) is 5.69. The highest BCUT2D eigenvalue weighted by molar-refractivity contribution is 5.74. The molecule has 0 aliphatic heterocycles. The third-order valence-electron chi connectivity index (χ3n) is 4.32. The van der Waals surface area contributed by atoms with Crippen LogP contribution in [-0.2, 0) is 6.54 Å². The largest absolute Gasteiger partial charge is 0.335 e. The van der Waals surface area contributed by atoms with E-state index in [1.807, 2.05) is 30.3 Å². The second-order valence-corrected chi connectivity index (χ2v) is 5.69. The lowest BCUT2D eigenvalue weighted by atomic mass is 9.78. The molecule has 104 valence electrons. The van der Waals surface area contributed by atoms with Gasteiger partial charge < -0.3 is 10.6 Å². The van der Waals surface area contributed by atoms with Gasteiger partial charge in [0.1, 0.15) is 0 Å². The average Bonchev–Trinajstić information content (AvgIpc) is 2.43. The van der Waals surface area contributed by atoms with Gasteiger partial charge in [-0.1, -0.05) is 57.0 Å². The summed E-state index contributed by atoms with van der Waals surface area (Å²) in [7, 11) is 0. The van der Waals surface area contributed by atoms with Crippen LogP contribution in [0.1, 0.15) is 38.7 Å². The minimum Gasteiger partial charge on any atom is -0.335 e. The zero-order chi connectivity index (χ0) is 13.7. The first-order valence-electron chi connectivity index (χ1n) is 7.25. The number of nitrogens with one attached hydrogen (secondary N) is 2. The smallest absolute Gasteiger partial charge is 0.315 e. The molecule has 3 heteroatoms. The van der Waals surface area contributed by atoms with Gasteiger partial charge in [-0.25, -0.2) is 4.79 Å². The molecule has 1 aliphatic rings. The lowest BCUT2D eigenvalue weighted by molar-refractivity contribution is 0.195. The fourth-order valence-corrected chi connectivity index (χ4v) is 2.78. The Morgan fingerprint density at radius 2 is 1.95 bits per heavy atom. The van der Waals surface area contributed by atoms with Crippen LogP contribution in [0.15, 0.2) is 30.3 Å². The molecule has 19 heavy (non-hydrogen) atoms. The summed E-state index contributed by atoms with van der Waals surface area (Å²) in [5.74, 6) is 1.27. The molecule has 1 aliphatic carbocycles. The van der Waals surface area contributed by atoms with E-state index in [4.69, 9.17) is 0 Å². The number of hydrogen-bond acceptors (Lipinski definition) is 1. The number of carbonyl (C=O) groups is 1. The van der Waals surface area contributed by atoms with Crippen molar-refractivity contribution in [2.75, 3.05) is 0 Å². The van der Waals surface area contributed by atoms with Crippen LogP contribution < -0.4 is 10.6 Å². The molecule has 1 aromatic rings. The molecule has 0 saturated heterocycles. The highest BCUT2D eigenvalue weighted by Gasteiger charge is 2.27. The van der Waals surface area contributed by atoms with Crippen molar-refractivity contribution in [2.24, 2.45) is 11.8 Å². The number of amides is 2. The van der Waals surface area contributed by atoms with Gasteiger partial charge in [0.25, 0.3) is 0 Å². The van der Waals surface area contributed by atoms with Crippen LogP contribution in [-0.4, -0.2) is 12.1 Å². The second kappa shape index (κ2) is 6.60. The van der Waals surface area contributed by atoms with Crippen molar-refractivity contribution in [1.29, 1.82) is 0 Å². The summed E-state index contributed by atoms with van der Waals surface area (Å²) in [5.41, 5.74) is 1.13. The zero-order valence-electron chi connectivity index (χ0n) is 11.9. The molecule has 0 bridgehead atoms. The highest BCUT2D eigenvalue weighted by Crippen LogP contribution is 2.29. The maximum atomic E-state index is 11.9. The fraction of sp³-hybridized carbons (Fsp3) is 0.562. The van der Waals surface area contributed by atoms with Crippen molar-refractivity contribution in [2.45, 2.75) is 45.7 Å². The molecule has 0 heterocycles. The van der Waals surface area contributed by atoms with Crippen LogP contribution in [0, 0.1) is 11.8 Å². The highest BCUT2D eigenvalue weighted by atomic mass is 16.2. The molecule has 0 radical (unpaired) electrons. The SMILES string of the molecule is CC1CCCC(NC(=O)NCc2ccccc2)C1C. The Bertz CT molecular complexity index is 404. The summed E-state index contributed by atoms with van der Waals surface area (Å²) in [4.78, 5) is 11.9. The molecule has 0 aromatic heterocycles. The van der Waals surface area contributed by atoms with Crippen LogP contribution in [0.5, 0.6) is 0 Å². The Labute approximate surface area is 115 Å². The lowest BCUT2D eigenvalue weighted by Crippen LogP contribution is -2.47. The Hall–Kier alpha value is -1.51. The molecule has 2 rings (SSSR count). The van der Waals surface area contributed by atoms with E-state index in [0.29, 0.717) is 24.4 Å². The van der Waals surface area contributed by atoms with Crippen molar-refractivity contribution in [3.05, 3.63) is 35.9 Å². The molecular formula is C16H24N2O. The van der Waals surface area contributed by atoms with Crippen LogP contribution >= 0.6 is 0 Å². The molecule has 2 amide bonds. The number of carbonyl (C=O) groups excluding carboxylic acids is 1. The predicted octanol–water partition coefficient (Wildman–Crippen LogP) is 3.31. The first kappa shape index (κ1) is 13.9. The van der Waals surface area contributed by atoms with E-state index in [1.165, 1.54) is 12.8 Å². The van der Waals surface area contributed by atoms with E-state index in [2.05, 4.69) is 24.5 Å². The molecule has 3 unspecified atom stereocenters. The molecule has 1 saturated carbocycles. The summed E-state index contributed by atoms with van der Waals surface area (Å²) in [6.45, 7) is 5.11. The summed E-state index contributed by atoms with van der Waals surface area (Å²) in [5, 5.41) is 6.05. The van der Waals surface area contributed by atoms with Crippen LogP contribution in [0.3, 0.4) is 0 Å². The first-order valence-corrected chi connectivity index (χ1v) is 7.25.